The molecule has 0 aliphatic rings. The molecule has 0 aliphatic carbocycles. The van der Waals surface area contributed by atoms with E-state index in [0.717, 1.165) is 5.33 Å². The van der Waals surface area contributed by atoms with Gasteiger partial charge in [0.2, 0.25) is 0 Å². The second kappa shape index (κ2) is 17.3. The smallest absolute Gasteiger partial charge is 0.0792 e. The Hall–Kier alpha value is 0.920. The zero-order valence-electron chi connectivity index (χ0n) is 14.8. The SMILES string of the molecule is CCCCCCCC[N+](C)(CCCBr)CCCCCC.[Br-]. The van der Waals surface area contributed by atoms with Crippen LogP contribution >= 0.6 is 15.9 Å². The largest absolute Gasteiger partial charge is 1.00 e. The molecule has 0 aromatic rings. The molecule has 0 saturated heterocycles. The van der Waals surface area contributed by atoms with Gasteiger partial charge in [-0.15, -0.1) is 0 Å². The van der Waals surface area contributed by atoms with Crippen LogP contribution in [0.3, 0.4) is 0 Å². The highest BCUT2D eigenvalue weighted by atomic mass is 79.9. The number of nitrogens with zero attached hydrogens (tertiary/aromatic N) is 1. The van der Waals surface area contributed by atoms with Gasteiger partial charge in [-0.05, 0) is 25.7 Å². The van der Waals surface area contributed by atoms with Crippen LogP contribution in [0, 0.1) is 0 Å². The fourth-order valence-corrected chi connectivity index (χ4v) is 3.22. The van der Waals surface area contributed by atoms with Gasteiger partial charge >= 0.3 is 0 Å². The van der Waals surface area contributed by atoms with E-state index in [9.17, 15) is 0 Å². The molecule has 0 spiro atoms. The standard InChI is InChI=1S/C18H39BrN.BrH/c1-4-6-8-10-11-13-17-20(3,18-14-15-19)16-12-9-7-5-2;/h4-18H2,1-3H3;1H/q+1;/p-1. The van der Waals surface area contributed by atoms with Crippen LogP contribution in [0.4, 0.5) is 0 Å². The minimum Gasteiger partial charge on any atom is -1.00 e. The summed E-state index contributed by atoms with van der Waals surface area (Å²) in [5, 5.41) is 1.16. The first-order valence-electron chi connectivity index (χ1n) is 9.08. The summed E-state index contributed by atoms with van der Waals surface area (Å²) in [7, 11) is 2.49. The average molecular weight is 429 g/mol. The Morgan fingerprint density at radius 3 is 1.48 bits per heavy atom. The van der Waals surface area contributed by atoms with Gasteiger partial charge < -0.3 is 21.5 Å². The van der Waals surface area contributed by atoms with Crippen molar-refractivity contribution in [3.63, 3.8) is 0 Å². The van der Waals surface area contributed by atoms with E-state index in [-0.39, 0.29) is 17.0 Å². The lowest BCUT2D eigenvalue weighted by Crippen LogP contribution is -3.00. The zero-order valence-corrected chi connectivity index (χ0v) is 18.0. The topological polar surface area (TPSA) is 0 Å². The summed E-state index contributed by atoms with van der Waals surface area (Å²) < 4.78 is 1.31. The molecule has 0 aliphatic heterocycles. The Bertz CT molecular complexity index is 200. The highest BCUT2D eigenvalue weighted by Gasteiger charge is 2.19. The molecule has 3 heteroatoms. The summed E-state index contributed by atoms with van der Waals surface area (Å²) in [6, 6.07) is 0. The van der Waals surface area contributed by atoms with Gasteiger partial charge in [0.1, 0.15) is 0 Å². The van der Waals surface area contributed by atoms with Crippen LogP contribution in [0.2, 0.25) is 0 Å². The molecule has 0 aromatic heterocycles. The maximum atomic E-state index is 3.60. The molecule has 0 bridgehead atoms. The summed E-state index contributed by atoms with van der Waals surface area (Å²) in [4.78, 5) is 0. The zero-order chi connectivity index (χ0) is 15.1. The Morgan fingerprint density at radius 1 is 0.619 bits per heavy atom. The predicted molar refractivity (Wildman–Crippen MR) is 96.7 cm³/mol. The second-order valence-corrected chi connectivity index (χ2v) is 7.45. The van der Waals surface area contributed by atoms with Crippen molar-refractivity contribution < 1.29 is 21.5 Å². The van der Waals surface area contributed by atoms with Gasteiger partial charge in [-0.25, -0.2) is 0 Å². The molecule has 0 radical (unpaired) electrons. The third-order valence-electron chi connectivity index (χ3n) is 4.43. The van der Waals surface area contributed by atoms with Gasteiger partial charge in [0, 0.05) is 11.8 Å². The highest BCUT2D eigenvalue weighted by Crippen LogP contribution is 2.14. The van der Waals surface area contributed by atoms with Gasteiger partial charge in [0.15, 0.2) is 0 Å². The monoisotopic (exact) mass is 427 g/mol. The van der Waals surface area contributed by atoms with Gasteiger partial charge in [0.05, 0.1) is 26.7 Å². The van der Waals surface area contributed by atoms with Crippen molar-refractivity contribution >= 4 is 15.9 Å². The lowest BCUT2D eigenvalue weighted by molar-refractivity contribution is -0.910. The van der Waals surface area contributed by atoms with Crippen LogP contribution in [-0.2, 0) is 0 Å². The van der Waals surface area contributed by atoms with Gasteiger partial charge in [-0.2, -0.15) is 0 Å². The van der Waals surface area contributed by atoms with Crippen molar-refractivity contribution in [3.05, 3.63) is 0 Å². The van der Waals surface area contributed by atoms with Crippen molar-refractivity contribution in [2.24, 2.45) is 0 Å². The summed E-state index contributed by atoms with van der Waals surface area (Å²) in [6.45, 7) is 8.74. The Kier molecular flexibility index (Phi) is 19.9. The Labute approximate surface area is 153 Å². The highest BCUT2D eigenvalue weighted by molar-refractivity contribution is 9.09. The number of quaternary nitrogens is 1. The number of unbranched alkanes of at least 4 members (excludes halogenated alkanes) is 8. The van der Waals surface area contributed by atoms with Crippen LogP contribution in [0.25, 0.3) is 0 Å². The quantitative estimate of drug-likeness (QED) is 0.213. The van der Waals surface area contributed by atoms with E-state index in [1.165, 1.54) is 94.7 Å². The molecule has 0 heterocycles. The van der Waals surface area contributed by atoms with E-state index in [0.29, 0.717) is 0 Å². The van der Waals surface area contributed by atoms with Crippen molar-refractivity contribution in [2.75, 3.05) is 32.0 Å². The molecule has 1 unspecified atom stereocenters. The molecule has 0 N–H and O–H groups in total. The van der Waals surface area contributed by atoms with Crippen LogP contribution in [0.5, 0.6) is 0 Å². The van der Waals surface area contributed by atoms with Crippen LogP contribution in [0.15, 0.2) is 0 Å². The van der Waals surface area contributed by atoms with E-state index in [1.807, 2.05) is 0 Å². The molecule has 0 fully saturated rings. The Morgan fingerprint density at radius 2 is 1.00 bits per heavy atom. The average Bonchev–Trinajstić information content (AvgIpc) is 2.45. The van der Waals surface area contributed by atoms with Gasteiger partial charge in [-0.3, -0.25) is 0 Å². The first-order valence-corrected chi connectivity index (χ1v) is 10.2. The van der Waals surface area contributed by atoms with Crippen molar-refractivity contribution in [1.82, 2.24) is 0 Å². The van der Waals surface area contributed by atoms with Gasteiger partial charge in [0.25, 0.3) is 0 Å². The maximum absolute atomic E-state index is 3.60. The molecule has 0 rings (SSSR count). The van der Waals surface area contributed by atoms with Crippen LogP contribution in [0.1, 0.15) is 84.5 Å². The molecule has 0 amide bonds. The number of rotatable bonds is 15. The molecular weight excluding hydrogens is 390 g/mol. The van der Waals surface area contributed by atoms with Crippen molar-refractivity contribution in [1.29, 1.82) is 0 Å². The van der Waals surface area contributed by atoms with Crippen LogP contribution < -0.4 is 17.0 Å². The number of hydrogen-bond acceptors (Lipinski definition) is 0. The lowest BCUT2D eigenvalue weighted by atomic mass is 10.1. The molecule has 0 aromatic carbocycles. The molecule has 21 heavy (non-hydrogen) atoms. The van der Waals surface area contributed by atoms with E-state index >= 15 is 0 Å². The minimum absolute atomic E-state index is 0. The molecule has 1 nitrogen and oxygen atoms in total. The summed E-state index contributed by atoms with van der Waals surface area (Å²) in [5.74, 6) is 0. The maximum Gasteiger partial charge on any atom is 0.0792 e. The van der Waals surface area contributed by atoms with E-state index in [1.54, 1.807) is 0 Å². The summed E-state index contributed by atoms with van der Waals surface area (Å²) in [5.41, 5.74) is 0. The fourth-order valence-electron chi connectivity index (χ4n) is 2.97. The normalized spacial score (nSPS) is 13.7. The third kappa shape index (κ3) is 15.6. The van der Waals surface area contributed by atoms with E-state index in [2.05, 4.69) is 36.8 Å². The summed E-state index contributed by atoms with van der Waals surface area (Å²) >= 11 is 3.60. The molecule has 1 atom stereocenters. The fraction of sp³-hybridized carbons (Fsp3) is 1.00. The Balaban J connectivity index is 0. The predicted octanol–water partition coefficient (Wildman–Crippen LogP) is 3.16. The van der Waals surface area contributed by atoms with Crippen molar-refractivity contribution in [2.45, 2.75) is 84.5 Å². The van der Waals surface area contributed by atoms with E-state index < -0.39 is 0 Å². The number of alkyl halides is 1. The number of hydrogen-bond donors (Lipinski definition) is 0. The van der Waals surface area contributed by atoms with Crippen molar-refractivity contribution in [3.8, 4) is 0 Å². The number of halogens is 2. The second-order valence-electron chi connectivity index (χ2n) is 6.66. The molecule has 130 valence electrons. The lowest BCUT2D eigenvalue weighted by Gasteiger charge is -2.35. The first kappa shape index (κ1) is 24.2. The first-order chi connectivity index (χ1) is 9.68. The van der Waals surface area contributed by atoms with Gasteiger partial charge in [-0.1, -0.05) is 68.3 Å². The molecule has 0 saturated carbocycles. The third-order valence-corrected chi connectivity index (χ3v) is 5.00. The van der Waals surface area contributed by atoms with Crippen LogP contribution in [-0.4, -0.2) is 36.5 Å². The minimum atomic E-state index is 0. The summed E-state index contributed by atoms with van der Waals surface area (Å²) in [6.07, 6.45) is 15.5. The molecular formula is C18H39Br2N. The van der Waals surface area contributed by atoms with E-state index in [4.69, 9.17) is 0 Å².